The van der Waals surface area contributed by atoms with E-state index in [0.29, 0.717) is 12.3 Å². The van der Waals surface area contributed by atoms with Crippen molar-refractivity contribution in [1.29, 1.82) is 0 Å². The van der Waals surface area contributed by atoms with Crippen LogP contribution >= 0.6 is 0 Å². The number of ether oxygens (including phenoxy) is 1. The molecular weight excluding hydrogens is 268 g/mol. The Morgan fingerprint density at radius 2 is 2.19 bits per heavy atom. The minimum absolute atomic E-state index is 0.00641. The van der Waals surface area contributed by atoms with Crippen molar-refractivity contribution in [2.45, 2.75) is 58.8 Å². The molecule has 7 atom stereocenters. The van der Waals surface area contributed by atoms with E-state index in [1.165, 1.54) is 0 Å². The van der Waals surface area contributed by atoms with Gasteiger partial charge in [-0.1, -0.05) is 13.8 Å². The van der Waals surface area contributed by atoms with Crippen molar-refractivity contribution in [3.05, 3.63) is 11.6 Å². The first-order valence-electron chi connectivity index (χ1n) is 7.94. The molecule has 0 spiro atoms. The van der Waals surface area contributed by atoms with Crippen LogP contribution in [0.25, 0.3) is 0 Å². The molecule has 3 aliphatic rings. The molecule has 0 amide bonds. The predicted octanol–water partition coefficient (Wildman–Crippen LogP) is 1.69. The second-order valence-electron chi connectivity index (χ2n) is 7.54. The highest BCUT2D eigenvalue weighted by molar-refractivity contribution is 5.96. The summed E-state index contributed by atoms with van der Waals surface area (Å²) in [7, 11) is 0. The van der Waals surface area contributed by atoms with Crippen LogP contribution in [0.5, 0.6) is 0 Å². The molecule has 21 heavy (non-hydrogen) atoms. The van der Waals surface area contributed by atoms with Gasteiger partial charge in [0.25, 0.3) is 0 Å². The molecule has 1 heterocycles. The average molecular weight is 294 g/mol. The molecule has 2 fully saturated rings. The Hall–Kier alpha value is -0.710. The monoisotopic (exact) mass is 294 g/mol. The Morgan fingerprint density at radius 3 is 2.76 bits per heavy atom. The molecule has 118 valence electrons. The standard InChI is InChI=1S/C17H26O4/c1-9-5-14-17(8-18,7-12(9)20)16(4)10(2)6-13(21-14)15(16)11(3)19/h5,10-11,13-15,18-19H,6-8H2,1-4H3/t10-,11+,13+,14+,15?,16-,17+/m0/s1. The summed E-state index contributed by atoms with van der Waals surface area (Å²) in [5.41, 5.74) is -0.177. The quantitative estimate of drug-likeness (QED) is 0.813. The molecule has 3 rings (SSSR count). The van der Waals surface area contributed by atoms with Crippen LogP contribution in [0.3, 0.4) is 0 Å². The predicted molar refractivity (Wildman–Crippen MR) is 78.6 cm³/mol. The minimum atomic E-state index is -0.613. The zero-order valence-corrected chi connectivity index (χ0v) is 13.3. The van der Waals surface area contributed by atoms with Gasteiger partial charge in [0.2, 0.25) is 0 Å². The first-order valence-corrected chi connectivity index (χ1v) is 7.94. The van der Waals surface area contributed by atoms with E-state index in [0.717, 1.165) is 12.0 Å². The van der Waals surface area contributed by atoms with Crippen LogP contribution in [-0.4, -0.2) is 40.9 Å². The molecule has 2 bridgehead atoms. The first kappa shape index (κ1) is 15.2. The summed E-state index contributed by atoms with van der Waals surface area (Å²) in [6.45, 7) is 7.84. The molecule has 0 aromatic heterocycles. The molecule has 4 nitrogen and oxygen atoms in total. The van der Waals surface area contributed by atoms with Crippen molar-refractivity contribution in [3.63, 3.8) is 0 Å². The number of aliphatic hydroxyl groups excluding tert-OH is 2. The second kappa shape index (κ2) is 4.64. The van der Waals surface area contributed by atoms with Gasteiger partial charge in [-0.2, -0.15) is 0 Å². The molecular formula is C17H26O4. The van der Waals surface area contributed by atoms with Gasteiger partial charge in [0.15, 0.2) is 5.78 Å². The van der Waals surface area contributed by atoms with Gasteiger partial charge in [0, 0.05) is 17.8 Å². The fraction of sp³-hybridized carbons (Fsp3) is 0.824. The van der Waals surface area contributed by atoms with Crippen molar-refractivity contribution >= 4 is 5.78 Å². The van der Waals surface area contributed by atoms with E-state index in [9.17, 15) is 15.0 Å². The number of rotatable bonds is 2. The summed E-state index contributed by atoms with van der Waals surface area (Å²) in [4.78, 5) is 12.3. The topological polar surface area (TPSA) is 66.8 Å². The Bertz CT molecular complexity index is 497. The lowest BCUT2D eigenvalue weighted by Crippen LogP contribution is -2.63. The van der Waals surface area contributed by atoms with Crippen LogP contribution in [0.2, 0.25) is 0 Å². The lowest BCUT2D eigenvalue weighted by Gasteiger charge is -2.59. The van der Waals surface area contributed by atoms with Crippen LogP contribution in [0.15, 0.2) is 11.6 Å². The lowest BCUT2D eigenvalue weighted by molar-refractivity contribution is -0.227. The third-order valence-electron chi connectivity index (χ3n) is 6.76. The van der Waals surface area contributed by atoms with Gasteiger partial charge < -0.3 is 14.9 Å². The van der Waals surface area contributed by atoms with Gasteiger partial charge in [-0.15, -0.1) is 0 Å². The maximum Gasteiger partial charge on any atom is 0.159 e. The molecule has 0 radical (unpaired) electrons. The SMILES string of the molecule is CC1=C[C@H]2O[C@@H]3C[C@H](C)[C@@](C)(C3[C@@H](C)O)[C@@]2(CO)CC1=O. The van der Waals surface area contributed by atoms with Crippen molar-refractivity contribution in [1.82, 2.24) is 0 Å². The van der Waals surface area contributed by atoms with E-state index < -0.39 is 11.5 Å². The number of ketones is 1. The smallest absolute Gasteiger partial charge is 0.159 e. The summed E-state index contributed by atoms with van der Waals surface area (Å²) in [6, 6.07) is 0. The minimum Gasteiger partial charge on any atom is -0.396 e. The van der Waals surface area contributed by atoms with Crippen molar-refractivity contribution in [3.8, 4) is 0 Å². The fourth-order valence-electron chi connectivity index (χ4n) is 5.41. The van der Waals surface area contributed by atoms with Crippen molar-refractivity contribution < 1.29 is 19.7 Å². The average Bonchev–Trinajstić information content (AvgIpc) is 2.61. The molecule has 2 N–H and O–H groups in total. The van der Waals surface area contributed by atoms with Crippen LogP contribution in [0.4, 0.5) is 0 Å². The highest BCUT2D eigenvalue weighted by Crippen LogP contribution is 2.67. The Kier molecular flexibility index (Phi) is 3.36. The Balaban J connectivity index is 2.17. The van der Waals surface area contributed by atoms with Crippen LogP contribution in [-0.2, 0) is 9.53 Å². The van der Waals surface area contributed by atoms with Crippen molar-refractivity contribution in [2.75, 3.05) is 6.61 Å². The molecule has 4 heteroatoms. The van der Waals surface area contributed by atoms with Gasteiger partial charge in [-0.25, -0.2) is 0 Å². The second-order valence-corrected chi connectivity index (χ2v) is 7.54. The molecule has 2 aliphatic carbocycles. The van der Waals surface area contributed by atoms with Gasteiger partial charge in [0.05, 0.1) is 24.9 Å². The number of carbonyl (C=O) groups excluding carboxylic acids is 1. The molecule has 1 unspecified atom stereocenters. The molecule has 1 saturated heterocycles. The van der Waals surface area contributed by atoms with E-state index >= 15 is 0 Å². The van der Waals surface area contributed by atoms with Gasteiger partial charge in [-0.3, -0.25) is 4.79 Å². The maximum absolute atomic E-state index is 12.3. The number of hydrogen-bond donors (Lipinski definition) is 2. The number of fused-ring (bicyclic) bond motifs is 4. The van der Waals surface area contributed by atoms with Gasteiger partial charge in [0.1, 0.15) is 0 Å². The van der Waals surface area contributed by atoms with Crippen LogP contribution in [0.1, 0.15) is 40.5 Å². The van der Waals surface area contributed by atoms with E-state index in [-0.39, 0.29) is 35.9 Å². The van der Waals surface area contributed by atoms with E-state index in [4.69, 9.17) is 4.74 Å². The van der Waals surface area contributed by atoms with Crippen LogP contribution < -0.4 is 0 Å². The number of Topliss-reactive ketones (excluding diaryl/α,β-unsaturated/α-hetero) is 1. The first-order chi connectivity index (χ1) is 9.77. The number of aliphatic hydroxyl groups is 2. The highest BCUT2D eigenvalue weighted by atomic mass is 16.5. The van der Waals surface area contributed by atoms with E-state index in [1.54, 1.807) is 6.92 Å². The lowest BCUT2D eigenvalue weighted by atomic mass is 9.49. The van der Waals surface area contributed by atoms with Gasteiger partial charge in [-0.05, 0) is 43.3 Å². The maximum atomic E-state index is 12.3. The normalized spacial score (nSPS) is 50.6. The molecule has 1 aliphatic heterocycles. The zero-order valence-electron chi connectivity index (χ0n) is 13.3. The Morgan fingerprint density at radius 1 is 1.52 bits per heavy atom. The third-order valence-corrected chi connectivity index (χ3v) is 6.76. The molecule has 0 aromatic carbocycles. The van der Waals surface area contributed by atoms with E-state index in [1.807, 2.05) is 13.0 Å². The highest BCUT2D eigenvalue weighted by Gasteiger charge is 2.69. The zero-order chi connectivity index (χ0) is 15.6. The largest absolute Gasteiger partial charge is 0.396 e. The molecule has 1 saturated carbocycles. The summed E-state index contributed by atoms with van der Waals surface area (Å²) >= 11 is 0. The van der Waals surface area contributed by atoms with E-state index in [2.05, 4.69) is 13.8 Å². The number of carbonyl (C=O) groups is 1. The van der Waals surface area contributed by atoms with Crippen LogP contribution in [0, 0.1) is 22.7 Å². The summed E-state index contributed by atoms with van der Waals surface area (Å²) in [6.07, 6.45) is 2.36. The third kappa shape index (κ3) is 1.70. The Labute approximate surface area is 126 Å². The number of hydrogen-bond acceptors (Lipinski definition) is 4. The summed E-state index contributed by atoms with van der Waals surface area (Å²) in [5.74, 6) is 0.362. The molecule has 0 aromatic rings. The summed E-state index contributed by atoms with van der Waals surface area (Å²) in [5, 5.41) is 20.5. The number of allylic oxidation sites excluding steroid dienone is 1. The van der Waals surface area contributed by atoms with Crippen molar-refractivity contribution in [2.24, 2.45) is 22.7 Å². The summed E-state index contributed by atoms with van der Waals surface area (Å²) < 4.78 is 6.26. The fourth-order valence-corrected chi connectivity index (χ4v) is 5.41. The van der Waals surface area contributed by atoms with Gasteiger partial charge >= 0.3 is 0 Å².